The number of hydrogen-bond donors (Lipinski definition) is 2. The Morgan fingerprint density at radius 1 is 1.40 bits per heavy atom. The molecule has 0 bridgehead atoms. The van der Waals surface area contributed by atoms with Gasteiger partial charge < -0.3 is 19.8 Å². The third kappa shape index (κ3) is 3.03. The van der Waals surface area contributed by atoms with Gasteiger partial charge in [-0.15, -0.1) is 0 Å². The van der Waals surface area contributed by atoms with E-state index in [1.165, 1.54) is 12.0 Å². The minimum atomic E-state index is -1.17. The van der Waals surface area contributed by atoms with Crippen molar-refractivity contribution in [1.29, 1.82) is 0 Å². The van der Waals surface area contributed by atoms with Crippen LogP contribution in [0.25, 0.3) is 0 Å². The molecule has 2 atom stereocenters. The predicted molar refractivity (Wildman–Crippen MR) is 50.2 cm³/mol. The third-order valence-corrected chi connectivity index (χ3v) is 2.22. The smallest absolute Gasteiger partial charge is 0.328 e. The summed E-state index contributed by atoms with van der Waals surface area (Å²) < 4.78 is 4.95. The van der Waals surface area contributed by atoms with Crippen molar-refractivity contribution in [2.75, 3.05) is 20.2 Å². The van der Waals surface area contributed by atoms with Gasteiger partial charge in [-0.2, -0.15) is 0 Å². The van der Waals surface area contributed by atoms with Crippen molar-refractivity contribution in [3.8, 4) is 0 Å². The summed E-state index contributed by atoms with van der Waals surface area (Å²) in [6.45, 7) is 0.446. The summed E-state index contributed by atoms with van der Waals surface area (Å²) in [7, 11) is 1.45. The number of methoxy groups -OCH3 is 1. The number of carbonyl (C=O) groups is 2. The second-order valence-electron chi connectivity index (χ2n) is 3.26. The number of ether oxygens (including phenoxy) is 1. The molecule has 1 amide bonds. The van der Waals surface area contributed by atoms with Gasteiger partial charge in [-0.25, -0.2) is 4.79 Å². The maximum Gasteiger partial charge on any atom is 0.328 e. The molecule has 2 N–H and O–H groups in total. The minimum absolute atomic E-state index is 0.168. The fraction of sp³-hybridized carbons (Fsp3) is 0.556. The van der Waals surface area contributed by atoms with E-state index in [1.54, 1.807) is 0 Å². The zero-order valence-corrected chi connectivity index (χ0v) is 8.29. The Morgan fingerprint density at radius 3 is 2.53 bits per heavy atom. The first-order valence-corrected chi connectivity index (χ1v) is 4.45. The summed E-state index contributed by atoms with van der Waals surface area (Å²) in [6, 6.07) is 0. The summed E-state index contributed by atoms with van der Waals surface area (Å²) in [4.78, 5) is 22.9. The Balaban J connectivity index is 2.53. The Hall–Kier alpha value is -1.40. The molecule has 0 aromatic heterocycles. The molecule has 1 rings (SSSR count). The fourth-order valence-corrected chi connectivity index (χ4v) is 1.42. The van der Waals surface area contributed by atoms with Gasteiger partial charge in [0.25, 0.3) is 0 Å². The molecule has 0 saturated carbocycles. The maximum absolute atomic E-state index is 11.4. The Labute approximate surface area is 86.7 Å². The number of rotatable bonds is 3. The monoisotopic (exact) mass is 215 g/mol. The standard InChI is InChI=1S/C9H13NO5/c1-15-7-5-10(4-6(7)11)8(12)2-3-9(13)14/h2-3,6-7,11H,4-5H2,1H3,(H,13,14)/b3-2+/t6-,7-/m1/s1. The lowest BCUT2D eigenvalue weighted by Gasteiger charge is -2.12. The van der Waals surface area contributed by atoms with Crippen LogP contribution in [0.15, 0.2) is 12.2 Å². The summed E-state index contributed by atoms with van der Waals surface area (Å²) in [5.41, 5.74) is 0. The van der Waals surface area contributed by atoms with Gasteiger partial charge in [-0.1, -0.05) is 0 Å². The topological polar surface area (TPSA) is 87.1 Å². The largest absolute Gasteiger partial charge is 0.478 e. The van der Waals surface area contributed by atoms with E-state index in [0.717, 1.165) is 12.2 Å². The molecule has 6 heteroatoms. The first-order chi connectivity index (χ1) is 7.04. The van der Waals surface area contributed by atoms with Crippen LogP contribution in [0.5, 0.6) is 0 Å². The van der Waals surface area contributed by atoms with E-state index in [4.69, 9.17) is 9.84 Å². The van der Waals surface area contributed by atoms with E-state index in [1.807, 2.05) is 0 Å². The number of aliphatic hydroxyl groups excluding tert-OH is 1. The second-order valence-corrected chi connectivity index (χ2v) is 3.26. The average Bonchev–Trinajstić information content (AvgIpc) is 2.56. The van der Waals surface area contributed by atoms with Gasteiger partial charge in [0.2, 0.25) is 5.91 Å². The first kappa shape index (κ1) is 11.7. The SMILES string of the molecule is CO[C@@H]1CN(C(=O)/C=C/C(=O)O)C[C@H]1O. The van der Waals surface area contributed by atoms with E-state index >= 15 is 0 Å². The van der Waals surface area contributed by atoms with Crippen molar-refractivity contribution in [2.24, 2.45) is 0 Å². The first-order valence-electron chi connectivity index (χ1n) is 4.45. The van der Waals surface area contributed by atoms with Crippen LogP contribution in [0.3, 0.4) is 0 Å². The van der Waals surface area contributed by atoms with Crippen LogP contribution in [0.4, 0.5) is 0 Å². The van der Waals surface area contributed by atoms with Crippen LogP contribution in [-0.4, -0.2) is 59.4 Å². The highest BCUT2D eigenvalue weighted by atomic mass is 16.5. The predicted octanol–water partition coefficient (Wildman–Crippen LogP) is -1.15. The summed E-state index contributed by atoms with van der Waals surface area (Å²) in [5.74, 6) is -1.61. The minimum Gasteiger partial charge on any atom is -0.478 e. The molecule has 0 aromatic rings. The highest BCUT2D eigenvalue weighted by Crippen LogP contribution is 2.13. The number of carbonyl (C=O) groups excluding carboxylic acids is 1. The van der Waals surface area contributed by atoms with Crippen LogP contribution >= 0.6 is 0 Å². The summed E-state index contributed by atoms with van der Waals surface area (Å²) in [5, 5.41) is 17.8. The lowest BCUT2D eigenvalue weighted by Crippen LogP contribution is -2.28. The number of carboxylic acid groups (broad SMARTS) is 1. The van der Waals surface area contributed by atoms with Gasteiger partial charge in [-0.3, -0.25) is 4.79 Å². The molecular weight excluding hydrogens is 202 g/mol. The number of amides is 1. The van der Waals surface area contributed by atoms with Crippen LogP contribution in [0, 0.1) is 0 Å². The van der Waals surface area contributed by atoms with E-state index in [2.05, 4.69) is 0 Å². The fourth-order valence-electron chi connectivity index (χ4n) is 1.42. The van der Waals surface area contributed by atoms with E-state index < -0.39 is 24.1 Å². The molecule has 15 heavy (non-hydrogen) atoms. The normalized spacial score (nSPS) is 26.1. The van der Waals surface area contributed by atoms with Crippen molar-refractivity contribution in [1.82, 2.24) is 4.90 Å². The maximum atomic E-state index is 11.4. The number of nitrogens with zero attached hydrogens (tertiary/aromatic N) is 1. The highest BCUT2D eigenvalue weighted by Gasteiger charge is 2.33. The van der Waals surface area contributed by atoms with E-state index in [0.29, 0.717) is 0 Å². The van der Waals surface area contributed by atoms with E-state index in [-0.39, 0.29) is 13.1 Å². The molecule has 6 nitrogen and oxygen atoms in total. The van der Waals surface area contributed by atoms with Gasteiger partial charge >= 0.3 is 5.97 Å². The second kappa shape index (κ2) is 4.90. The Bertz CT molecular complexity index is 288. The molecule has 0 spiro atoms. The van der Waals surface area contributed by atoms with Crippen LogP contribution in [0.1, 0.15) is 0 Å². The highest BCUT2D eigenvalue weighted by molar-refractivity contribution is 5.94. The molecular formula is C9H13NO5. The molecule has 84 valence electrons. The zero-order chi connectivity index (χ0) is 11.4. The lowest BCUT2D eigenvalue weighted by atomic mass is 10.3. The molecule has 0 unspecified atom stereocenters. The number of β-amino-alcohol motifs (C(OH)–C–C–N with tert-alkyl or cyclic N) is 1. The lowest BCUT2D eigenvalue weighted by molar-refractivity contribution is -0.132. The molecule has 0 aliphatic carbocycles. The van der Waals surface area contributed by atoms with Crippen LogP contribution in [-0.2, 0) is 14.3 Å². The molecule has 1 aliphatic rings. The average molecular weight is 215 g/mol. The van der Waals surface area contributed by atoms with Gasteiger partial charge in [0.1, 0.15) is 6.10 Å². The number of aliphatic hydroxyl groups is 1. The zero-order valence-electron chi connectivity index (χ0n) is 8.29. The van der Waals surface area contributed by atoms with Gasteiger partial charge in [0.15, 0.2) is 0 Å². The quantitative estimate of drug-likeness (QED) is 0.580. The van der Waals surface area contributed by atoms with Crippen molar-refractivity contribution >= 4 is 11.9 Å². The van der Waals surface area contributed by atoms with Crippen LogP contribution in [0.2, 0.25) is 0 Å². The van der Waals surface area contributed by atoms with Crippen molar-refractivity contribution < 1.29 is 24.5 Å². The van der Waals surface area contributed by atoms with Gasteiger partial charge in [-0.05, 0) is 0 Å². The van der Waals surface area contributed by atoms with Crippen molar-refractivity contribution in [3.05, 3.63) is 12.2 Å². The van der Waals surface area contributed by atoms with Crippen LogP contribution < -0.4 is 0 Å². The van der Waals surface area contributed by atoms with E-state index in [9.17, 15) is 14.7 Å². The summed E-state index contributed by atoms with van der Waals surface area (Å²) in [6.07, 6.45) is 0.631. The Morgan fingerprint density at radius 2 is 2.07 bits per heavy atom. The molecule has 1 aliphatic heterocycles. The third-order valence-electron chi connectivity index (χ3n) is 2.22. The van der Waals surface area contributed by atoms with Gasteiger partial charge in [0, 0.05) is 32.4 Å². The van der Waals surface area contributed by atoms with Gasteiger partial charge in [0.05, 0.1) is 6.10 Å². The molecule has 0 radical (unpaired) electrons. The number of likely N-dealkylation sites (tertiary alicyclic amines) is 1. The molecule has 1 heterocycles. The number of aliphatic carboxylic acids is 1. The van der Waals surface area contributed by atoms with Crippen molar-refractivity contribution in [3.63, 3.8) is 0 Å². The molecule has 1 fully saturated rings. The number of carboxylic acids is 1. The molecule has 0 aromatic carbocycles. The molecule has 1 saturated heterocycles. The number of hydrogen-bond acceptors (Lipinski definition) is 4. The Kier molecular flexibility index (Phi) is 3.81. The van der Waals surface area contributed by atoms with Crippen molar-refractivity contribution in [2.45, 2.75) is 12.2 Å². The summed E-state index contributed by atoms with van der Waals surface area (Å²) >= 11 is 0.